The van der Waals surface area contributed by atoms with Crippen molar-refractivity contribution >= 4 is 67.6 Å². The molecule has 1 saturated heterocycles. The Balaban J connectivity index is 1.46. The number of hydrogen-bond donors (Lipinski definition) is 0. The molecular weight excluding hydrogens is 473 g/mol. The summed E-state index contributed by atoms with van der Waals surface area (Å²) < 4.78 is 6.41. The lowest BCUT2D eigenvalue weighted by Crippen LogP contribution is -2.39. The first-order valence-corrected chi connectivity index (χ1v) is 12.7. The zero-order chi connectivity index (χ0) is 21.6. The first kappa shape index (κ1) is 22.8. The van der Waals surface area contributed by atoms with Crippen LogP contribution >= 0.6 is 46.3 Å². The topological polar surface area (TPSA) is 45.7 Å². The summed E-state index contributed by atoms with van der Waals surface area (Å²) in [6, 6.07) is 13.2. The van der Waals surface area contributed by atoms with Crippen molar-refractivity contribution in [1.82, 2.24) is 9.88 Å². The van der Waals surface area contributed by atoms with Crippen LogP contribution in [0.2, 0.25) is 10.0 Å². The number of amides is 1. The average molecular weight is 496 g/mol. The van der Waals surface area contributed by atoms with E-state index in [1.165, 1.54) is 23.1 Å². The zero-order valence-electron chi connectivity index (χ0n) is 16.9. The molecule has 1 fully saturated rings. The van der Waals surface area contributed by atoms with Gasteiger partial charge >= 0.3 is 0 Å². The maximum atomic E-state index is 13.2. The molecule has 0 N–H and O–H groups in total. The minimum Gasteiger partial charge on any atom is -0.379 e. The molecule has 3 aromatic rings. The van der Waals surface area contributed by atoms with Gasteiger partial charge in [-0.3, -0.25) is 14.6 Å². The normalized spacial score (nSPS) is 14.8. The van der Waals surface area contributed by atoms with Crippen molar-refractivity contribution < 1.29 is 9.53 Å². The van der Waals surface area contributed by atoms with E-state index in [4.69, 9.17) is 32.9 Å². The summed E-state index contributed by atoms with van der Waals surface area (Å²) in [5, 5.41) is 2.08. The molecule has 0 aliphatic carbocycles. The maximum absolute atomic E-state index is 13.2. The molecule has 1 aromatic heterocycles. The van der Waals surface area contributed by atoms with E-state index in [1.807, 2.05) is 47.4 Å². The summed E-state index contributed by atoms with van der Waals surface area (Å²) in [5.74, 6) is 0.391. The van der Waals surface area contributed by atoms with Gasteiger partial charge in [0.1, 0.15) is 0 Å². The highest BCUT2D eigenvalue weighted by atomic mass is 35.5. The van der Waals surface area contributed by atoms with Crippen molar-refractivity contribution in [3.63, 3.8) is 0 Å². The maximum Gasteiger partial charge on any atom is 0.239 e. The molecule has 9 heteroatoms. The number of benzene rings is 2. The lowest BCUT2D eigenvalue weighted by Gasteiger charge is -2.27. The van der Waals surface area contributed by atoms with Crippen molar-refractivity contribution in [2.75, 3.05) is 50.0 Å². The number of hydrogen-bond acceptors (Lipinski definition) is 6. The molecule has 0 bridgehead atoms. The van der Waals surface area contributed by atoms with Crippen LogP contribution < -0.4 is 4.90 Å². The number of thioether (sulfide) groups is 1. The van der Waals surface area contributed by atoms with Crippen molar-refractivity contribution in [1.29, 1.82) is 0 Å². The van der Waals surface area contributed by atoms with Gasteiger partial charge in [0.2, 0.25) is 5.91 Å². The molecule has 2 heterocycles. The molecule has 0 saturated carbocycles. The van der Waals surface area contributed by atoms with E-state index in [0.717, 1.165) is 59.5 Å². The van der Waals surface area contributed by atoms with Crippen molar-refractivity contribution in [2.45, 2.75) is 11.3 Å². The number of rotatable bonds is 8. The number of carbonyl (C=O) groups is 1. The number of aromatic nitrogens is 1. The van der Waals surface area contributed by atoms with Crippen LogP contribution in [0.3, 0.4) is 0 Å². The second-order valence-electron chi connectivity index (χ2n) is 7.20. The summed E-state index contributed by atoms with van der Waals surface area (Å²) in [6.07, 6.45) is 0.883. The van der Waals surface area contributed by atoms with Gasteiger partial charge in [0.05, 0.1) is 29.2 Å². The van der Waals surface area contributed by atoms with Crippen LogP contribution in [0.15, 0.2) is 47.4 Å². The predicted molar refractivity (Wildman–Crippen MR) is 131 cm³/mol. The van der Waals surface area contributed by atoms with Crippen LogP contribution in [-0.4, -0.2) is 60.9 Å². The van der Waals surface area contributed by atoms with Crippen LogP contribution in [0.5, 0.6) is 0 Å². The number of morpholine rings is 1. The number of ether oxygens (including phenoxy) is 1. The first-order chi connectivity index (χ1) is 15.1. The highest BCUT2D eigenvalue weighted by Gasteiger charge is 2.21. The van der Waals surface area contributed by atoms with E-state index in [1.54, 1.807) is 0 Å². The lowest BCUT2D eigenvalue weighted by molar-refractivity contribution is -0.116. The molecule has 0 unspecified atom stereocenters. The highest BCUT2D eigenvalue weighted by molar-refractivity contribution is 8.00. The molecule has 1 aliphatic rings. The van der Waals surface area contributed by atoms with Crippen LogP contribution in [0.4, 0.5) is 5.13 Å². The molecule has 0 spiro atoms. The first-order valence-electron chi connectivity index (χ1n) is 10.1. The SMILES string of the molecule is O=C(CSc1ccc(Cl)cc1)N(CCCN1CCOCC1)c1nc2ccc(Cl)cc2s1. The monoisotopic (exact) mass is 495 g/mol. The molecular formula is C22H23Cl2N3O2S2. The predicted octanol–water partition coefficient (Wildman–Crippen LogP) is 5.45. The lowest BCUT2D eigenvalue weighted by atomic mass is 10.3. The highest BCUT2D eigenvalue weighted by Crippen LogP contribution is 2.32. The summed E-state index contributed by atoms with van der Waals surface area (Å²) in [4.78, 5) is 23.1. The quantitative estimate of drug-likeness (QED) is 0.388. The Bertz CT molecular complexity index is 1020. The minimum absolute atomic E-state index is 0.0482. The van der Waals surface area contributed by atoms with E-state index in [9.17, 15) is 4.79 Å². The van der Waals surface area contributed by atoms with Crippen LogP contribution in [-0.2, 0) is 9.53 Å². The van der Waals surface area contributed by atoms with Crippen molar-refractivity contribution in [2.24, 2.45) is 0 Å². The van der Waals surface area contributed by atoms with Gasteiger partial charge in [-0.1, -0.05) is 34.5 Å². The third-order valence-electron chi connectivity index (χ3n) is 5.01. The third-order valence-corrected chi connectivity index (χ3v) is 7.53. The summed E-state index contributed by atoms with van der Waals surface area (Å²) in [6.45, 7) is 5.01. The molecule has 1 aliphatic heterocycles. The van der Waals surface area contributed by atoms with E-state index in [-0.39, 0.29) is 5.91 Å². The fourth-order valence-electron chi connectivity index (χ4n) is 3.36. The molecule has 164 valence electrons. The number of fused-ring (bicyclic) bond motifs is 1. The van der Waals surface area contributed by atoms with Gasteiger partial charge in [-0.15, -0.1) is 11.8 Å². The minimum atomic E-state index is 0.0482. The summed E-state index contributed by atoms with van der Waals surface area (Å²) in [5.41, 5.74) is 0.862. The Morgan fingerprint density at radius 1 is 1.13 bits per heavy atom. The van der Waals surface area contributed by atoms with Crippen LogP contribution in [0.25, 0.3) is 10.2 Å². The zero-order valence-corrected chi connectivity index (χ0v) is 20.1. The third kappa shape index (κ3) is 6.34. The molecule has 2 aromatic carbocycles. The molecule has 0 radical (unpaired) electrons. The van der Waals surface area contributed by atoms with Gasteiger partial charge in [-0.25, -0.2) is 4.98 Å². The second kappa shape index (κ2) is 11.0. The average Bonchev–Trinajstić information content (AvgIpc) is 3.19. The van der Waals surface area contributed by atoms with Gasteiger partial charge in [0.25, 0.3) is 0 Å². The van der Waals surface area contributed by atoms with E-state index >= 15 is 0 Å². The van der Waals surface area contributed by atoms with Gasteiger partial charge in [0.15, 0.2) is 5.13 Å². The Morgan fingerprint density at radius 2 is 1.87 bits per heavy atom. The number of thiazole rings is 1. The van der Waals surface area contributed by atoms with E-state index in [2.05, 4.69) is 4.90 Å². The fourth-order valence-corrected chi connectivity index (χ4v) is 5.55. The Labute approximate surface area is 200 Å². The number of halogens is 2. The Morgan fingerprint density at radius 3 is 2.65 bits per heavy atom. The van der Waals surface area contributed by atoms with Crippen LogP contribution in [0, 0.1) is 0 Å². The summed E-state index contributed by atoms with van der Waals surface area (Å²) >= 11 is 15.1. The van der Waals surface area contributed by atoms with Gasteiger partial charge in [-0.05, 0) is 48.9 Å². The Kier molecular flexibility index (Phi) is 8.09. The fraction of sp³-hybridized carbons (Fsp3) is 0.364. The second-order valence-corrected chi connectivity index (χ2v) is 10.1. The van der Waals surface area contributed by atoms with Gasteiger partial charge in [0, 0.05) is 41.1 Å². The van der Waals surface area contributed by atoms with E-state index < -0.39 is 0 Å². The summed E-state index contributed by atoms with van der Waals surface area (Å²) in [7, 11) is 0. The van der Waals surface area contributed by atoms with Gasteiger partial charge < -0.3 is 4.74 Å². The number of nitrogens with zero attached hydrogens (tertiary/aromatic N) is 3. The number of anilines is 1. The molecule has 5 nitrogen and oxygen atoms in total. The largest absolute Gasteiger partial charge is 0.379 e. The standard InChI is InChI=1S/C22H23Cl2N3O2S2/c23-16-2-5-18(6-3-16)30-15-21(28)27(9-1-8-26-10-12-29-13-11-26)22-25-19-7-4-17(24)14-20(19)31-22/h2-7,14H,1,8-13,15H2. The van der Waals surface area contributed by atoms with Crippen LogP contribution in [0.1, 0.15) is 6.42 Å². The molecule has 31 heavy (non-hydrogen) atoms. The van der Waals surface area contributed by atoms with Crippen molar-refractivity contribution in [3.8, 4) is 0 Å². The van der Waals surface area contributed by atoms with Crippen molar-refractivity contribution in [3.05, 3.63) is 52.5 Å². The van der Waals surface area contributed by atoms with Gasteiger partial charge in [-0.2, -0.15) is 0 Å². The molecule has 4 rings (SSSR count). The Hall–Kier alpha value is -1.35. The smallest absolute Gasteiger partial charge is 0.239 e. The molecule has 0 atom stereocenters. The van der Waals surface area contributed by atoms with E-state index in [0.29, 0.717) is 22.3 Å². The molecule has 1 amide bonds. The number of carbonyl (C=O) groups excluding carboxylic acids is 1.